The highest BCUT2D eigenvalue weighted by molar-refractivity contribution is 6.09. The fraction of sp³-hybridized carbons (Fsp3) is 0.224. The van der Waals surface area contributed by atoms with Crippen LogP contribution in [0.4, 0.5) is 22.7 Å². The lowest BCUT2D eigenvalue weighted by atomic mass is 9.63. The van der Waals surface area contributed by atoms with Crippen LogP contribution in [-0.4, -0.2) is 16.2 Å². The average molecular weight is 1070 g/mol. The molecule has 0 atom stereocenters. The van der Waals surface area contributed by atoms with E-state index in [2.05, 4.69) is 91.2 Å². The van der Waals surface area contributed by atoms with E-state index in [4.69, 9.17) is 13.8 Å². The van der Waals surface area contributed by atoms with E-state index in [1.807, 2.05) is 140 Å². The second-order valence-corrected chi connectivity index (χ2v) is 25.1. The van der Waals surface area contributed by atoms with Crippen LogP contribution < -0.4 is 14.5 Å². The Labute approximate surface area is 493 Å². The van der Waals surface area contributed by atoms with Crippen LogP contribution in [0.15, 0.2) is 218 Å². The summed E-state index contributed by atoms with van der Waals surface area (Å²) in [4.78, 5) is 9.12. The zero-order valence-corrected chi connectivity index (χ0v) is 47.8. The molecule has 81 heavy (non-hydrogen) atoms. The van der Waals surface area contributed by atoms with Crippen molar-refractivity contribution in [2.24, 2.45) is 0 Å². The van der Waals surface area contributed by atoms with Gasteiger partial charge < -0.3 is 14.5 Å². The molecule has 0 radical (unpaired) electrons. The molecule has 2 aliphatic rings. The van der Waals surface area contributed by atoms with E-state index in [1.165, 1.54) is 0 Å². The van der Waals surface area contributed by atoms with Gasteiger partial charge in [-0.2, -0.15) is 0 Å². The minimum Gasteiger partial charge on any atom is -0.457 e. The third-order valence-electron chi connectivity index (χ3n) is 16.5. The lowest BCUT2D eigenvalue weighted by Crippen LogP contribution is -2.33. The van der Waals surface area contributed by atoms with E-state index in [1.54, 1.807) is 10.8 Å². The number of benzene rings is 9. The first-order valence-corrected chi connectivity index (χ1v) is 28.1. The van der Waals surface area contributed by atoms with Crippen molar-refractivity contribution >= 4 is 44.6 Å². The minimum absolute atomic E-state index is 0.00387. The summed E-state index contributed by atoms with van der Waals surface area (Å²) < 4.78 is 106. The number of pyridine rings is 1. The molecule has 2 aromatic heterocycles. The van der Waals surface area contributed by atoms with Crippen molar-refractivity contribution < 1.29 is 18.4 Å². The zero-order valence-electron chi connectivity index (χ0n) is 57.8. The van der Waals surface area contributed by atoms with Crippen molar-refractivity contribution in [2.75, 3.05) is 16.5 Å². The summed E-state index contributed by atoms with van der Waals surface area (Å²) in [5, 5.41) is 0.996. The Morgan fingerprint density at radius 2 is 1.09 bits per heavy atom. The molecular formula is C76H72N4O. The van der Waals surface area contributed by atoms with Gasteiger partial charge in [0.1, 0.15) is 24.0 Å². The van der Waals surface area contributed by atoms with Crippen molar-refractivity contribution in [1.29, 1.82) is 0 Å². The molecule has 402 valence electrons. The Bertz CT molecular complexity index is 4750. The Morgan fingerprint density at radius 3 is 1.77 bits per heavy atom. The van der Waals surface area contributed by atoms with Crippen LogP contribution in [0.1, 0.15) is 118 Å². The van der Waals surface area contributed by atoms with Gasteiger partial charge >= 0.3 is 0 Å². The van der Waals surface area contributed by atoms with Crippen LogP contribution >= 0.6 is 0 Å². The number of nitrogens with zero attached hydrogens (tertiary/aromatic N) is 4. The van der Waals surface area contributed by atoms with Gasteiger partial charge in [-0.3, -0.25) is 4.57 Å². The van der Waals surface area contributed by atoms with Crippen LogP contribution in [0.25, 0.3) is 72.1 Å². The largest absolute Gasteiger partial charge is 0.457 e. The molecule has 13 rings (SSSR count). The lowest BCUT2D eigenvalue weighted by molar-refractivity contribution is 0.332. The van der Waals surface area contributed by atoms with Crippen LogP contribution in [0.2, 0.25) is 0 Å². The SMILES string of the molecule is [2H]c1c(-c2ccccc2)c([2H])c(-c2cc(C(C)(C)C)cc(-c3c([2H])c([2H])c4c(c3[2H])C(C)(C)CCC4(C)C)c2N2CN(c3cccc(Oc4ccc5c6c([2H])c([2H])c([2H])c([2H])c6n(-c6cc(C(C)(C)C)ccn6)c5c4)c3)c3ccccc32)c([2H])c1-c1ccccc1. The molecule has 0 amide bonds. The van der Waals surface area contributed by atoms with Gasteiger partial charge in [-0.1, -0.05) is 184 Å². The fourth-order valence-electron chi connectivity index (χ4n) is 11.8. The van der Waals surface area contributed by atoms with Crippen molar-refractivity contribution in [3.8, 4) is 61.8 Å². The number of rotatable bonds is 9. The summed E-state index contributed by atoms with van der Waals surface area (Å²) in [7, 11) is 0. The summed E-state index contributed by atoms with van der Waals surface area (Å²) in [6.45, 7) is 21.4. The highest BCUT2D eigenvalue weighted by Gasteiger charge is 2.38. The lowest BCUT2D eigenvalue weighted by Gasteiger charge is -2.42. The highest BCUT2D eigenvalue weighted by atomic mass is 16.5. The number of ether oxygens (including phenoxy) is 1. The maximum absolute atomic E-state index is 10.6. The highest BCUT2D eigenvalue weighted by Crippen LogP contribution is 2.54. The van der Waals surface area contributed by atoms with Crippen molar-refractivity contribution in [2.45, 2.75) is 104 Å². The van der Waals surface area contributed by atoms with Gasteiger partial charge in [0, 0.05) is 45.9 Å². The predicted molar refractivity (Wildman–Crippen MR) is 342 cm³/mol. The fourth-order valence-corrected chi connectivity index (χ4v) is 11.8. The summed E-state index contributed by atoms with van der Waals surface area (Å²) in [5.41, 5.74) is 9.06. The molecule has 0 saturated carbocycles. The number of aromatic nitrogens is 2. The van der Waals surface area contributed by atoms with E-state index in [9.17, 15) is 9.60 Å². The maximum Gasteiger partial charge on any atom is 0.137 e. The summed E-state index contributed by atoms with van der Waals surface area (Å²) in [5.74, 6) is 1.46. The monoisotopic (exact) mass is 1070 g/mol. The zero-order chi connectivity index (χ0) is 64.7. The Morgan fingerprint density at radius 1 is 0.481 bits per heavy atom. The quantitative estimate of drug-likeness (QED) is 0.144. The molecule has 1 aliphatic carbocycles. The standard InChI is InChI=1S/C76H72N4O/c1-73(2,3)56-36-39-77-71(46-56)80-67-29-18-17-28-61(67)62-34-33-60(48-70(62)80)81-59-27-21-26-58(47-59)78-49-79(69-31-20-19-30-68(69)78)72-63(52-32-35-65-66(43-52)76(9,10)38-37-75(65,7)8)44-57(74(4,5)6)45-64(72)55-41-53(50-22-13-11-14-23-50)40-54(42-55)51-24-15-12-16-25-51/h11-36,39-48H,37-38,49H2,1-10H3/i17D,18D,28D,29D,32D,35D,40D,41D,42D,43D. The van der Waals surface area contributed by atoms with Gasteiger partial charge in [-0.15, -0.1) is 0 Å². The van der Waals surface area contributed by atoms with E-state index in [0.717, 1.165) is 52.2 Å². The second-order valence-electron chi connectivity index (χ2n) is 25.1. The first kappa shape index (κ1) is 41.4. The molecule has 0 bridgehead atoms. The van der Waals surface area contributed by atoms with Crippen molar-refractivity contribution in [3.05, 3.63) is 241 Å². The average Bonchev–Trinajstić information content (AvgIpc) is 1.65. The van der Waals surface area contributed by atoms with E-state index >= 15 is 0 Å². The molecule has 1 aliphatic heterocycles. The van der Waals surface area contributed by atoms with Crippen molar-refractivity contribution in [3.63, 3.8) is 0 Å². The molecule has 5 nitrogen and oxygen atoms in total. The normalized spacial score (nSPS) is 16.5. The summed E-state index contributed by atoms with van der Waals surface area (Å²) >= 11 is 0. The second kappa shape index (κ2) is 19.6. The van der Waals surface area contributed by atoms with E-state index < -0.39 is 16.2 Å². The number of hydrogen-bond acceptors (Lipinski definition) is 4. The van der Waals surface area contributed by atoms with Gasteiger partial charge in [0.05, 0.1) is 41.8 Å². The van der Waals surface area contributed by atoms with Crippen LogP contribution in [0.3, 0.4) is 0 Å². The third kappa shape index (κ3) is 9.46. The molecule has 5 heteroatoms. The molecular weight excluding hydrogens is 985 g/mol. The predicted octanol–water partition coefficient (Wildman–Crippen LogP) is 20.8. The van der Waals surface area contributed by atoms with Gasteiger partial charge in [-0.25, -0.2) is 4.98 Å². The Kier molecular flexibility index (Phi) is 9.98. The van der Waals surface area contributed by atoms with Crippen LogP contribution in [-0.2, 0) is 21.7 Å². The molecule has 3 heterocycles. The molecule has 0 fully saturated rings. The molecule has 0 spiro atoms. The number of hydrogen-bond donors (Lipinski definition) is 0. The van der Waals surface area contributed by atoms with Gasteiger partial charge in [0.2, 0.25) is 0 Å². The summed E-state index contributed by atoms with van der Waals surface area (Å²) in [6, 6.07) is 47.6. The van der Waals surface area contributed by atoms with Gasteiger partial charge in [-0.05, 0) is 175 Å². The molecule has 0 unspecified atom stereocenters. The van der Waals surface area contributed by atoms with Gasteiger partial charge in [0.25, 0.3) is 0 Å². The molecule has 0 N–H and O–H groups in total. The Balaban J connectivity index is 1.03. The van der Waals surface area contributed by atoms with Crippen LogP contribution in [0, 0.1) is 0 Å². The first-order chi connectivity index (χ1) is 43.1. The first-order valence-electron chi connectivity index (χ1n) is 33.1. The van der Waals surface area contributed by atoms with Gasteiger partial charge in [0.15, 0.2) is 0 Å². The number of anilines is 4. The topological polar surface area (TPSA) is 33.5 Å². The van der Waals surface area contributed by atoms with E-state index in [0.29, 0.717) is 83.8 Å². The van der Waals surface area contributed by atoms with E-state index in [-0.39, 0.29) is 78.1 Å². The minimum atomic E-state index is -0.549. The smallest absolute Gasteiger partial charge is 0.137 e. The molecule has 11 aromatic rings. The Hall–Kier alpha value is -8.67. The third-order valence-corrected chi connectivity index (χ3v) is 16.5. The molecule has 9 aromatic carbocycles. The summed E-state index contributed by atoms with van der Waals surface area (Å²) in [6.07, 6.45) is 3.31. The number of para-hydroxylation sites is 3. The maximum atomic E-state index is 10.6. The van der Waals surface area contributed by atoms with Crippen LogP contribution in [0.5, 0.6) is 11.5 Å². The number of fused-ring (bicyclic) bond motifs is 5. The molecule has 0 saturated heterocycles. The van der Waals surface area contributed by atoms with Crippen molar-refractivity contribution in [1.82, 2.24) is 9.55 Å².